The normalized spacial score (nSPS) is 11.1. The third kappa shape index (κ3) is 4.76. The number of para-hydroxylation sites is 1. The van der Waals surface area contributed by atoms with Crippen LogP contribution in [-0.2, 0) is 10.0 Å². The zero-order valence-corrected chi connectivity index (χ0v) is 18.7. The number of hydrogen-bond donors (Lipinski definition) is 2. The number of nitrogens with one attached hydrogen (secondary N) is 2. The van der Waals surface area contributed by atoms with Crippen molar-refractivity contribution in [3.63, 3.8) is 0 Å². The number of benzene rings is 2. The number of thiazole rings is 1. The summed E-state index contributed by atoms with van der Waals surface area (Å²) in [6, 6.07) is 16.3. The first-order chi connectivity index (χ1) is 15.0. The maximum atomic E-state index is 12.8. The predicted molar refractivity (Wildman–Crippen MR) is 124 cm³/mol. The van der Waals surface area contributed by atoms with Gasteiger partial charge in [0.05, 0.1) is 33.8 Å². The highest BCUT2D eigenvalue weighted by atomic mass is 32.2. The highest BCUT2D eigenvalue weighted by molar-refractivity contribution is 7.92. The number of ether oxygens (including phenoxy) is 1. The molecular weight excluding hydrogens is 454 g/mol. The number of aromatic nitrogens is 1. The second-order valence-electron chi connectivity index (χ2n) is 6.30. The Bertz CT molecular complexity index is 1300. The fourth-order valence-corrected chi connectivity index (χ4v) is 5.31. The van der Waals surface area contributed by atoms with Crippen molar-refractivity contribution in [1.82, 2.24) is 4.98 Å². The molecule has 2 aromatic heterocycles. The van der Waals surface area contributed by atoms with Crippen molar-refractivity contribution in [1.29, 1.82) is 0 Å². The molecule has 0 unspecified atom stereocenters. The van der Waals surface area contributed by atoms with Gasteiger partial charge in [-0.3, -0.25) is 14.8 Å². The van der Waals surface area contributed by atoms with E-state index in [1.807, 2.05) is 22.9 Å². The highest BCUT2D eigenvalue weighted by Crippen LogP contribution is 2.29. The smallest absolute Gasteiger partial charge is 0.261 e. The molecule has 0 bridgehead atoms. The van der Waals surface area contributed by atoms with Crippen LogP contribution in [-0.4, -0.2) is 26.4 Å². The van der Waals surface area contributed by atoms with E-state index < -0.39 is 15.9 Å². The Hall–Kier alpha value is -3.21. The van der Waals surface area contributed by atoms with Crippen LogP contribution >= 0.6 is 22.7 Å². The number of rotatable bonds is 7. The number of carbonyl (C=O) groups excluding carboxylic acids is 1. The molecule has 2 N–H and O–H groups in total. The van der Waals surface area contributed by atoms with E-state index in [1.54, 1.807) is 41.7 Å². The van der Waals surface area contributed by atoms with E-state index in [9.17, 15) is 13.2 Å². The summed E-state index contributed by atoms with van der Waals surface area (Å²) in [7, 11) is -2.39. The molecule has 31 heavy (non-hydrogen) atoms. The molecule has 0 spiro atoms. The molecule has 10 heteroatoms. The predicted octanol–water partition coefficient (Wildman–Crippen LogP) is 4.93. The zero-order valence-electron chi connectivity index (χ0n) is 16.2. The van der Waals surface area contributed by atoms with Crippen LogP contribution in [0.25, 0.3) is 10.6 Å². The van der Waals surface area contributed by atoms with E-state index in [4.69, 9.17) is 4.74 Å². The van der Waals surface area contributed by atoms with Crippen molar-refractivity contribution in [3.8, 4) is 16.3 Å². The molecule has 0 aliphatic carbocycles. The lowest BCUT2D eigenvalue weighted by molar-refractivity contribution is 0.102. The lowest BCUT2D eigenvalue weighted by atomic mass is 10.2. The number of nitrogens with zero attached hydrogens (tertiary/aromatic N) is 1. The van der Waals surface area contributed by atoms with Crippen molar-refractivity contribution >= 4 is 49.4 Å². The van der Waals surface area contributed by atoms with Crippen molar-refractivity contribution in [2.75, 3.05) is 17.1 Å². The second kappa shape index (κ2) is 8.88. The topological polar surface area (TPSA) is 97.4 Å². The van der Waals surface area contributed by atoms with Gasteiger partial charge in [0, 0.05) is 5.38 Å². The van der Waals surface area contributed by atoms with Crippen LogP contribution < -0.4 is 14.8 Å². The van der Waals surface area contributed by atoms with Crippen LogP contribution in [0.1, 0.15) is 10.4 Å². The monoisotopic (exact) mass is 471 g/mol. The molecule has 158 valence electrons. The van der Waals surface area contributed by atoms with Gasteiger partial charge in [0.15, 0.2) is 5.13 Å². The van der Waals surface area contributed by atoms with Crippen LogP contribution in [0.5, 0.6) is 5.75 Å². The van der Waals surface area contributed by atoms with Crippen molar-refractivity contribution in [2.24, 2.45) is 0 Å². The number of anilines is 2. The van der Waals surface area contributed by atoms with E-state index in [1.165, 1.54) is 36.6 Å². The van der Waals surface area contributed by atoms with Gasteiger partial charge in [-0.1, -0.05) is 18.2 Å². The summed E-state index contributed by atoms with van der Waals surface area (Å²) < 4.78 is 33.1. The largest absolute Gasteiger partial charge is 0.497 e. The molecule has 0 aliphatic heterocycles. The SMILES string of the molecule is COc1ccc(S(=O)(=O)Nc2ccccc2C(=O)Nc2nc(-c3cccs3)cs2)cc1. The van der Waals surface area contributed by atoms with Gasteiger partial charge in [-0.2, -0.15) is 0 Å². The minimum atomic E-state index is -3.89. The Morgan fingerprint density at radius 2 is 1.77 bits per heavy atom. The highest BCUT2D eigenvalue weighted by Gasteiger charge is 2.19. The van der Waals surface area contributed by atoms with Gasteiger partial charge in [-0.15, -0.1) is 22.7 Å². The fraction of sp³-hybridized carbons (Fsp3) is 0.0476. The summed E-state index contributed by atoms with van der Waals surface area (Å²) in [6.07, 6.45) is 0. The minimum Gasteiger partial charge on any atom is -0.497 e. The van der Waals surface area contributed by atoms with Crippen LogP contribution in [0.4, 0.5) is 10.8 Å². The average molecular weight is 472 g/mol. The number of carbonyl (C=O) groups is 1. The zero-order chi connectivity index (χ0) is 21.8. The van der Waals surface area contributed by atoms with Crippen molar-refractivity contribution in [2.45, 2.75) is 4.90 Å². The summed E-state index contributed by atoms with van der Waals surface area (Å²) in [6.45, 7) is 0. The summed E-state index contributed by atoms with van der Waals surface area (Å²) >= 11 is 2.86. The Kier molecular flexibility index (Phi) is 6.03. The maximum Gasteiger partial charge on any atom is 0.261 e. The number of thiophene rings is 1. The van der Waals surface area contributed by atoms with E-state index in [2.05, 4.69) is 15.0 Å². The maximum absolute atomic E-state index is 12.8. The standard InChI is InChI=1S/C21H17N3O4S3/c1-28-14-8-10-15(11-9-14)31(26,27)24-17-6-3-2-5-16(17)20(25)23-21-22-18(13-30-21)19-7-4-12-29-19/h2-13,24H,1H3,(H,22,23,25). The lowest BCUT2D eigenvalue weighted by Crippen LogP contribution is -2.18. The van der Waals surface area contributed by atoms with Crippen molar-refractivity contribution < 1.29 is 17.9 Å². The molecule has 0 saturated heterocycles. The summed E-state index contributed by atoms with van der Waals surface area (Å²) in [5.41, 5.74) is 1.14. The number of methoxy groups -OCH3 is 1. The Balaban J connectivity index is 1.54. The van der Waals surface area contributed by atoms with Gasteiger partial charge in [0.1, 0.15) is 5.75 Å². The molecule has 2 heterocycles. The van der Waals surface area contributed by atoms with E-state index in [0.717, 1.165) is 10.6 Å². The third-order valence-corrected chi connectivity index (χ3v) is 7.32. The molecule has 0 fully saturated rings. The Morgan fingerprint density at radius 1 is 1.00 bits per heavy atom. The Morgan fingerprint density at radius 3 is 2.48 bits per heavy atom. The van der Waals surface area contributed by atoms with Gasteiger partial charge in [-0.05, 0) is 47.8 Å². The molecule has 0 radical (unpaired) electrons. The average Bonchev–Trinajstić information content (AvgIpc) is 3.46. The van der Waals surface area contributed by atoms with Crippen molar-refractivity contribution in [3.05, 3.63) is 77.0 Å². The first kappa shape index (κ1) is 21.0. The lowest BCUT2D eigenvalue weighted by Gasteiger charge is -2.12. The summed E-state index contributed by atoms with van der Waals surface area (Å²) in [5, 5.41) is 6.99. The fourth-order valence-electron chi connectivity index (χ4n) is 2.76. The van der Waals surface area contributed by atoms with Gasteiger partial charge in [-0.25, -0.2) is 13.4 Å². The summed E-state index contributed by atoms with van der Waals surface area (Å²) in [5.74, 6) is 0.0872. The molecule has 0 aliphatic rings. The molecule has 0 saturated carbocycles. The third-order valence-electron chi connectivity index (χ3n) is 4.28. The van der Waals surface area contributed by atoms with Gasteiger partial charge < -0.3 is 4.74 Å². The van der Waals surface area contributed by atoms with Crippen LogP contribution in [0.3, 0.4) is 0 Å². The van der Waals surface area contributed by atoms with Gasteiger partial charge in [0.25, 0.3) is 15.9 Å². The van der Waals surface area contributed by atoms with Crippen LogP contribution in [0.2, 0.25) is 0 Å². The molecule has 7 nitrogen and oxygen atoms in total. The molecule has 1 amide bonds. The number of amides is 1. The number of hydrogen-bond acceptors (Lipinski definition) is 7. The van der Waals surface area contributed by atoms with Crippen LogP contribution in [0, 0.1) is 0 Å². The Labute approximate surface area is 187 Å². The number of sulfonamides is 1. The first-order valence-electron chi connectivity index (χ1n) is 9.03. The molecule has 4 aromatic rings. The second-order valence-corrected chi connectivity index (χ2v) is 9.78. The van der Waals surface area contributed by atoms with Gasteiger partial charge in [0.2, 0.25) is 0 Å². The molecule has 2 aromatic carbocycles. The first-order valence-corrected chi connectivity index (χ1v) is 12.3. The minimum absolute atomic E-state index is 0.0593. The van der Waals surface area contributed by atoms with E-state index >= 15 is 0 Å². The van der Waals surface area contributed by atoms with Gasteiger partial charge >= 0.3 is 0 Å². The quantitative estimate of drug-likeness (QED) is 0.398. The van der Waals surface area contributed by atoms with E-state index in [0.29, 0.717) is 10.9 Å². The molecule has 4 rings (SSSR count). The van der Waals surface area contributed by atoms with Crippen LogP contribution in [0.15, 0.2) is 76.3 Å². The van der Waals surface area contributed by atoms with E-state index in [-0.39, 0.29) is 16.1 Å². The summed E-state index contributed by atoms with van der Waals surface area (Å²) in [4.78, 5) is 18.3. The molecular formula is C21H17N3O4S3. The molecule has 0 atom stereocenters.